The highest BCUT2D eigenvalue weighted by atomic mass is 79.9. The monoisotopic (exact) mass is 192 g/mol. The lowest BCUT2D eigenvalue weighted by Crippen LogP contribution is -2.27. The molecular weight excluding hydrogens is 188 g/mol. The Morgan fingerprint density at radius 2 is 2.56 bits per heavy atom. The molecule has 0 bridgehead atoms. The van der Waals surface area contributed by atoms with Crippen LogP contribution in [0.2, 0.25) is 0 Å². The van der Waals surface area contributed by atoms with Crippen LogP contribution in [0.5, 0.6) is 0 Å². The van der Waals surface area contributed by atoms with E-state index in [1.54, 1.807) is 6.92 Å². The molecule has 1 rings (SSSR count). The summed E-state index contributed by atoms with van der Waals surface area (Å²) in [5, 5.41) is 14.4. The normalized spacial score (nSPS) is 10.0. The molecule has 0 aliphatic carbocycles. The molecule has 9 heavy (non-hydrogen) atoms. The zero-order valence-electron chi connectivity index (χ0n) is 4.80. The lowest BCUT2D eigenvalue weighted by Gasteiger charge is -1.86. The molecule has 5 heteroatoms. The number of nitrogens with zero attached hydrogens (tertiary/aromatic N) is 2. The van der Waals surface area contributed by atoms with Crippen LogP contribution in [-0.2, 0) is 5.33 Å². The summed E-state index contributed by atoms with van der Waals surface area (Å²) in [4.78, 5) is 0.393. The molecule has 0 aliphatic rings. The van der Waals surface area contributed by atoms with Gasteiger partial charge in [-0.15, -0.1) is 0 Å². The molecule has 50 valence electrons. The zero-order chi connectivity index (χ0) is 6.85. The zero-order valence-corrected chi connectivity index (χ0v) is 6.38. The predicted octanol–water partition coefficient (Wildman–Crippen LogP) is 0.511. The third kappa shape index (κ3) is 1.05. The summed E-state index contributed by atoms with van der Waals surface area (Å²) in [7, 11) is 0. The fraction of sp³-hybridized carbons (Fsp3) is 0.500. The van der Waals surface area contributed by atoms with Gasteiger partial charge in [-0.2, -0.15) is 0 Å². The molecule has 0 aliphatic heterocycles. The van der Waals surface area contributed by atoms with E-state index in [4.69, 9.17) is 0 Å². The topological polar surface area (TPSA) is 53.0 Å². The van der Waals surface area contributed by atoms with E-state index in [0.29, 0.717) is 21.6 Å². The Morgan fingerprint density at radius 1 is 1.89 bits per heavy atom. The smallest absolute Gasteiger partial charge is 0.219 e. The van der Waals surface area contributed by atoms with E-state index >= 15 is 0 Å². The SMILES string of the molecule is Cc1no[n+]([O-])c1CBr. The van der Waals surface area contributed by atoms with Crippen LogP contribution < -0.4 is 4.90 Å². The molecular formula is C4H5BrN2O2. The number of halogens is 1. The van der Waals surface area contributed by atoms with Crippen molar-refractivity contribution < 1.29 is 9.53 Å². The van der Waals surface area contributed by atoms with E-state index in [-0.39, 0.29) is 0 Å². The molecule has 0 saturated carbocycles. The Morgan fingerprint density at radius 3 is 2.78 bits per heavy atom. The molecule has 0 fully saturated rings. The molecule has 1 heterocycles. The van der Waals surface area contributed by atoms with E-state index in [0.717, 1.165) is 0 Å². The van der Waals surface area contributed by atoms with E-state index in [9.17, 15) is 5.21 Å². The van der Waals surface area contributed by atoms with Crippen molar-refractivity contribution in [1.82, 2.24) is 5.16 Å². The maximum Gasteiger partial charge on any atom is 0.219 e. The van der Waals surface area contributed by atoms with Gasteiger partial charge in [0, 0.05) is 12.1 Å². The number of alkyl halides is 1. The summed E-state index contributed by atoms with van der Waals surface area (Å²) >= 11 is 3.12. The number of hydrogen-bond donors (Lipinski definition) is 0. The van der Waals surface area contributed by atoms with Gasteiger partial charge >= 0.3 is 0 Å². The summed E-state index contributed by atoms with van der Waals surface area (Å²) in [6.07, 6.45) is 0. The van der Waals surface area contributed by atoms with Gasteiger partial charge < -0.3 is 5.21 Å². The Labute approximate surface area is 60.1 Å². The van der Waals surface area contributed by atoms with E-state index in [1.807, 2.05) is 0 Å². The van der Waals surface area contributed by atoms with E-state index in [2.05, 4.69) is 25.7 Å². The molecule has 0 amide bonds. The molecule has 1 aromatic rings. The lowest BCUT2D eigenvalue weighted by molar-refractivity contribution is -0.807. The minimum absolute atomic E-state index is 0.393. The van der Waals surface area contributed by atoms with Crippen molar-refractivity contribution in [3.8, 4) is 0 Å². The van der Waals surface area contributed by atoms with Gasteiger partial charge in [-0.1, -0.05) is 15.9 Å². The highest BCUT2D eigenvalue weighted by molar-refractivity contribution is 9.08. The first-order valence-electron chi connectivity index (χ1n) is 2.37. The van der Waals surface area contributed by atoms with Gasteiger partial charge in [0.05, 0.1) is 5.33 Å². The summed E-state index contributed by atoms with van der Waals surface area (Å²) < 4.78 is 4.27. The Bertz CT molecular complexity index is 191. The van der Waals surface area contributed by atoms with Crippen LogP contribution in [-0.4, -0.2) is 5.16 Å². The minimum atomic E-state index is 0.393. The number of rotatable bonds is 1. The van der Waals surface area contributed by atoms with Crippen LogP contribution in [0.1, 0.15) is 11.4 Å². The molecule has 1 aromatic heterocycles. The molecule has 0 unspecified atom stereocenters. The number of aromatic nitrogens is 2. The Hall–Kier alpha value is -0.580. The fourth-order valence-electron chi connectivity index (χ4n) is 0.478. The maximum absolute atomic E-state index is 10.5. The summed E-state index contributed by atoms with van der Waals surface area (Å²) in [5.74, 6) is 0. The van der Waals surface area contributed by atoms with Crippen LogP contribution >= 0.6 is 15.9 Å². The Kier molecular flexibility index (Phi) is 1.70. The molecule has 0 atom stereocenters. The van der Waals surface area contributed by atoms with Gasteiger partial charge in [0.25, 0.3) is 0 Å². The third-order valence-corrected chi connectivity index (χ3v) is 1.55. The molecule has 0 aromatic carbocycles. The van der Waals surface area contributed by atoms with Gasteiger partial charge in [-0.25, -0.2) is 0 Å². The number of aryl methyl sites for hydroxylation is 1. The first kappa shape index (κ1) is 6.54. The quantitative estimate of drug-likeness (QED) is 0.482. The molecule has 0 saturated heterocycles. The van der Waals surface area contributed by atoms with Crippen molar-refractivity contribution in [1.29, 1.82) is 0 Å². The summed E-state index contributed by atoms with van der Waals surface area (Å²) in [5.41, 5.74) is 1.15. The van der Waals surface area contributed by atoms with Crippen LogP contribution in [0.4, 0.5) is 0 Å². The van der Waals surface area contributed by atoms with Crippen LogP contribution in [0.15, 0.2) is 4.63 Å². The van der Waals surface area contributed by atoms with Crippen LogP contribution in [0.25, 0.3) is 0 Å². The largest absolute Gasteiger partial charge is 0.359 e. The average molecular weight is 193 g/mol. The van der Waals surface area contributed by atoms with Gasteiger partial charge in [0.1, 0.15) is 0 Å². The van der Waals surface area contributed by atoms with E-state index in [1.165, 1.54) is 0 Å². The Balaban J connectivity index is 3.07. The molecule has 0 spiro atoms. The maximum atomic E-state index is 10.5. The second kappa shape index (κ2) is 2.34. The fourth-order valence-corrected chi connectivity index (χ4v) is 1.09. The van der Waals surface area contributed by atoms with Gasteiger partial charge in [-0.05, 0) is 4.90 Å². The molecule has 0 radical (unpaired) electrons. The van der Waals surface area contributed by atoms with Crippen molar-refractivity contribution in [3.63, 3.8) is 0 Å². The molecule has 0 N–H and O–H groups in total. The van der Waals surface area contributed by atoms with Crippen molar-refractivity contribution in [2.24, 2.45) is 0 Å². The minimum Gasteiger partial charge on any atom is -0.359 e. The van der Waals surface area contributed by atoms with Gasteiger partial charge in [0.15, 0.2) is 0 Å². The average Bonchev–Trinajstić information content (AvgIpc) is 2.12. The van der Waals surface area contributed by atoms with Crippen LogP contribution in [0.3, 0.4) is 0 Å². The molecule has 4 nitrogen and oxygen atoms in total. The predicted molar refractivity (Wildman–Crippen MR) is 32.8 cm³/mol. The second-order valence-corrected chi connectivity index (χ2v) is 2.16. The standard InChI is InChI=1S/C4H5BrN2O2/c1-3-4(2-5)7(8)9-6-3/h2H2,1H3. The second-order valence-electron chi connectivity index (χ2n) is 1.60. The van der Waals surface area contributed by atoms with Gasteiger partial charge in [-0.3, -0.25) is 4.63 Å². The highest BCUT2D eigenvalue weighted by Crippen LogP contribution is 2.02. The summed E-state index contributed by atoms with van der Waals surface area (Å²) in [6, 6.07) is 0. The first-order chi connectivity index (χ1) is 4.25. The lowest BCUT2D eigenvalue weighted by atomic mass is 10.4. The van der Waals surface area contributed by atoms with Crippen LogP contribution in [0, 0.1) is 12.1 Å². The summed E-state index contributed by atoms with van der Waals surface area (Å²) in [6.45, 7) is 1.72. The third-order valence-electron chi connectivity index (χ3n) is 1.02. The van der Waals surface area contributed by atoms with E-state index < -0.39 is 0 Å². The van der Waals surface area contributed by atoms with Gasteiger partial charge in [0.2, 0.25) is 11.4 Å². The highest BCUT2D eigenvalue weighted by Gasteiger charge is 2.11. The van der Waals surface area contributed by atoms with Crippen molar-refractivity contribution >= 4 is 15.9 Å². The first-order valence-corrected chi connectivity index (χ1v) is 3.49. The van der Waals surface area contributed by atoms with Crippen molar-refractivity contribution in [3.05, 3.63) is 16.6 Å². The number of hydrogen-bond acceptors (Lipinski definition) is 3. The van der Waals surface area contributed by atoms with Crippen molar-refractivity contribution in [2.75, 3.05) is 0 Å². The van der Waals surface area contributed by atoms with Crippen molar-refractivity contribution in [2.45, 2.75) is 12.3 Å².